The average molecular weight is 474 g/mol. The third-order valence-electron chi connectivity index (χ3n) is 5.56. The molecule has 0 atom stereocenters. The summed E-state index contributed by atoms with van der Waals surface area (Å²) in [5.41, 5.74) is 10.7. The summed E-state index contributed by atoms with van der Waals surface area (Å²) in [5.74, 6) is 0.746. The van der Waals surface area contributed by atoms with Gasteiger partial charge in [-0.25, -0.2) is 9.97 Å². The van der Waals surface area contributed by atoms with Crippen LogP contribution in [0.5, 0.6) is 0 Å². The maximum atomic E-state index is 12.1. The third kappa shape index (κ3) is 5.46. The van der Waals surface area contributed by atoms with Crippen LogP contribution in [0.15, 0.2) is 51.9 Å². The number of nitrogen functional groups attached to an aromatic ring is 1. The van der Waals surface area contributed by atoms with Crippen LogP contribution in [0.1, 0.15) is 51.8 Å². The van der Waals surface area contributed by atoms with Crippen LogP contribution >= 0.6 is 0 Å². The Labute approximate surface area is 204 Å². The molecule has 4 rings (SSSR count). The standard InChI is InChI=1S/C26H31N7O2/c1-15(2)33-14-18(8-10-21(33)34)20-13-28-23(27)22(30-20)25-32-31-24(35-25)19-9-7-17(11-16(19)3)12-29-26(4,5)6/h7-11,13-15,29H,12H2,1-6H3,(H2,27,28). The van der Waals surface area contributed by atoms with E-state index in [4.69, 9.17) is 10.2 Å². The predicted octanol–water partition coefficient (Wildman–Crippen LogP) is 4.38. The van der Waals surface area contributed by atoms with Crippen LogP contribution in [0.2, 0.25) is 0 Å². The minimum atomic E-state index is -0.0792. The summed E-state index contributed by atoms with van der Waals surface area (Å²) in [4.78, 5) is 21.0. The Morgan fingerprint density at radius 2 is 1.86 bits per heavy atom. The fourth-order valence-corrected chi connectivity index (χ4v) is 3.62. The van der Waals surface area contributed by atoms with Gasteiger partial charge in [-0.1, -0.05) is 12.1 Å². The summed E-state index contributed by atoms with van der Waals surface area (Å²) in [7, 11) is 0. The molecule has 0 bridgehead atoms. The Hall–Kier alpha value is -3.85. The van der Waals surface area contributed by atoms with Gasteiger partial charge in [0.2, 0.25) is 5.89 Å². The second-order valence-corrected chi connectivity index (χ2v) is 9.91. The Morgan fingerprint density at radius 1 is 1.11 bits per heavy atom. The fraction of sp³-hybridized carbons (Fsp3) is 0.346. The van der Waals surface area contributed by atoms with Gasteiger partial charge < -0.3 is 20.0 Å². The largest absolute Gasteiger partial charge is 0.414 e. The zero-order valence-corrected chi connectivity index (χ0v) is 21.0. The SMILES string of the molecule is Cc1cc(CNC(C)(C)C)ccc1-c1nnc(-c2nc(-c3ccc(=O)n(C(C)C)c3)cnc2N)o1. The summed E-state index contributed by atoms with van der Waals surface area (Å²) in [6, 6.07) is 9.37. The molecule has 0 fully saturated rings. The monoisotopic (exact) mass is 473 g/mol. The number of nitrogens with one attached hydrogen (secondary N) is 1. The van der Waals surface area contributed by atoms with Crippen LogP contribution in [0.4, 0.5) is 5.82 Å². The van der Waals surface area contributed by atoms with Gasteiger partial charge in [-0.15, -0.1) is 10.2 Å². The quantitative estimate of drug-likeness (QED) is 0.423. The van der Waals surface area contributed by atoms with Gasteiger partial charge in [0, 0.05) is 41.5 Å². The highest BCUT2D eigenvalue weighted by atomic mass is 16.4. The van der Waals surface area contributed by atoms with E-state index < -0.39 is 0 Å². The van der Waals surface area contributed by atoms with E-state index in [9.17, 15) is 4.79 Å². The van der Waals surface area contributed by atoms with Crippen molar-refractivity contribution in [2.24, 2.45) is 0 Å². The van der Waals surface area contributed by atoms with Crippen LogP contribution < -0.4 is 16.6 Å². The van der Waals surface area contributed by atoms with Crippen molar-refractivity contribution in [2.45, 2.75) is 59.7 Å². The molecule has 35 heavy (non-hydrogen) atoms. The fourth-order valence-electron chi connectivity index (χ4n) is 3.62. The number of benzene rings is 1. The molecule has 3 heterocycles. The maximum Gasteiger partial charge on any atom is 0.270 e. The molecule has 0 saturated heterocycles. The van der Waals surface area contributed by atoms with Crippen molar-refractivity contribution in [3.05, 3.63) is 64.2 Å². The van der Waals surface area contributed by atoms with Crippen LogP contribution in [0.3, 0.4) is 0 Å². The van der Waals surface area contributed by atoms with Crippen LogP contribution in [0.25, 0.3) is 34.3 Å². The first-order chi connectivity index (χ1) is 16.5. The van der Waals surface area contributed by atoms with Crippen LogP contribution in [-0.4, -0.2) is 30.3 Å². The summed E-state index contributed by atoms with van der Waals surface area (Å²) in [5, 5.41) is 11.9. The Bertz CT molecular complexity index is 1410. The molecule has 0 saturated carbocycles. The van der Waals surface area contributed by atoms with E-state index in [1.54, 1.807) is 23.0 Å². The van der Waals surface area contributed by atoms with Gasteiger partial charge in [0.25, 0.3) is 11.4 Å². The molecule has 0 aliphatic rings. The first kappa shape index (κ1) is 24.3. The number of rotatable bonds is 6. The number of hydrogen-bond donors (Lipinski definition) is 2. The lowest BCUT2D eigenvalue weighted by Gasteiger charge is -2.20. The van der Waals surface area contributed by atoms with Crippen molar-refractivity contribution in [1.29, 1.82) is 0 Å². The van der Waals surface area contributed by atoms with E-state index in [0.717, 1.165) is 23.2 Å². The van der Waals surface area contributed by atoms with Gasteiger partial charge in [0.05, 0.1) is 11.9 Å². The highest BCUT2D eigenvalue weighted by molar-refractivity contribution is 5.69. The summed E-state index contributed by atoms with van der Waals surface area (Å²) >= 11 is 0. The van der Waals surface area contributed by atoms with Gasteiger partial charge in [-0.05, 0) is 64.8 Å². The lowest BCUT2D eigenvalue weighted by atomic mass is 10.0. The lowest BCUT2D eigenvalue weighted by molar-refractivity contribution is 0.424. The lowest BCUT2D eigenvalue weighted by Crippen LogP contribution is -2.35. The number of hydrogen-bond acceptors (Lipinski definition) is 8. The maximum absolute atomic E-state index is 12.1. The van der Waals surface area contributed by atoms with Crippen molar-refractivity contribution in [3.63, 3.8) is 0 Å². The Morgan fingerprint density at radius 3 is 2.54 bits per heavy atom. The first-order valence-corrected chi connectivity index (χ1v) is 11.6. The first-order valence-electron chi connectivity index (χ1n) is 11.6. The number of nitrogens with zero attached hydrogens (tertiary/aromatic N) is 5. The molecular formula is C26H31N7O2. The normalized spacial score (nSPS) is 11.9. The van der Waals surface area contributed by atoms with E-state index in [0.29, 0.717) is 17.3 Å². The zero-order chi connectivity index (χ0) is 25.3. The molecule has 9 nitrogen and oxygen atoms in total. The molecule has 3 aromatic heterocycles. The van der Waals surface area contributed by atoms with Crippen LogP contribution in [0, 0.1) is 6.92 Å². The minimum absolute atomic E-state index is 0.0148. The molecule has 9 heteroatoms. The van der Waals surface area contributed by atoms with Gasteiger partial charge in [0.15, 0.2) is 11.5 Å². The summed E-state index contributed by atoms with van der Waals surface area (Å²) < 4.78 is 7.61. The summed E-state index contributed by atoms with van der Waals surface area (Å²) in [6.45, 7) is 13.1. The van der Waals surface area contributed by atoms with Crippen molar-refractivity contribution < 1.29 is 4.42 Å². The van der Waals surface area contributed by atoms with Gasteiger partial charge in [0.1, 0.15) is 0 Å². The van der Waals surface area contributed by atoms with Crippen molar-refractivity contribution in [1.82, 2.24) is 30.0 Å². The molecule has 0 amide bonds. The van der Waals surface area contributed by atoms with Gasteiger partial charge in [-0.2, -0.15) is 0 Å². The number of aromatic nitrogens is 5. The average Bonchev–Trinajstić information content (AvgIpc) is 3.27. The molecule has 0 radical (unpaired) electrons. The molecule has 0 unspecified atom stereocenters. The van der Waals surface area contributed by atoms with Gasteiger partial charge >= 0.3 is 0 Å². The number of aryl methyl sites for hydroxylation is 1. The van der Waals surface area contributed by atoms with Crippen LogP contribution in [-0.2, 0) is 6.54 Å². The minimum Gasteiger partial charge on any atom is -0.414 e. The highest BCUT2D eigenvalue weighted by Gasteiger charge is 2.18. The molecule has 0 spiro atoms. The molecule has 0 aliphatic carbocycles. The molecule has 4 aromatic rings. The van der Waals surface area contributed by atoms with Crippen molar-refractivity contribution >= 4 is 5.82 Å². The second-order valence-electron chi connectivity index (χ2n) is 9.91. The van der Waals surface area contributed by atoms with E-state index in [1.807, 2.05) is 32.9 Å². The van der Waals surface area contributed by atoms with E-state index in [-0.39, 0.29) is 28.8 Å². The van der Waals surface area contributed by atoms with Gasteiger partial charge in [-0.3, -0.25) is 4.79 Å². The zero-order valence-electron chi connectivity index (χ0n) is 21.0. The molecule has 3 N–H and O–H groups in total. The topological polar surface area (TPSA) is 125 Å². The molecule has 1 aromatic carbocycles. The third-order valence-corrected chi connectivity index (χ3v) is 5.56. The second kappa shape index (κ2) is 9.42. The molecular weight excluding hydrogens is 442 g/mol. The smallest absolute Gasteiger partial charge is 0.270 e. The van der Waals surface area contributed by atoms with Crippen molar-refractivity contribution in [2.75, 3.05) is 5.73 Å². The summed E-state index contributed by atoms with van der Waals surface area (Å²) in [6.07, 6.45) is 3.32. The number of anilines is 1. The van der Waals surface area contributed by atoms with E-state index in [2.05, 4.69) is 52.3 Å². The predicted molar refractivity (Wildman–Crippen MR) is 137 cm³/mol. The molecule has 182 valence electrons. The Kier molecular flexibility index (Phi) is 6.53. The van der Waals surface area contributed by atoms with E-state index in [1.165, 1.54) is 11.6 Å². The highest BCUT2D eigenvalue weighted by Crippen LogP contribution is 2.29. The molecule has 0 aliphatic heterocycles. The number of nitrogens with two attached hydrogens (primary N) is 1. The van der Waals surface area contributed by atoms with Crippen molar-refractivity contribution in [3.8, 4) is 34.3 Å². The Balaban J connectivity index is 1.64. The van der Waals surface area contributed by atoms with E-state index >= 15 is 0 Å². The number of pyridine rings is 1.